The first-order valence-corrected chi connectivity index (χ1v) is 12.0. The number of unbranched alkanes of at least 4 members (excludes halogenated alkanes) is 15. The number of nitrogens with zero attached hydrogens (tertiary/aromatic N) is 1. The first-order chi connectivity index (χ1) is 12.3. The maximum atomic E-state index is 2.38. The molecule has 0 aromatic rings. The van der Waals surface area contributed by atoms with Crippen LogP contribution in [0.1, 0.15) is 137 Å². The third-order valence-corrected chi connectivity index (χ3v) is 5.30. The highest BCUT2D eigenvalue weighted by atomic mass is 15.1. The Morgan fingerprint density at radius 3 is 0.640 bits per heavy atom. The van der Waals surface area contributed by atoms with Crippen LogP contribution in [0, 0.1) is 0 Å². The molecule has 0 aliphatic rings. The van der Waals surface area contributed by atoms with Gasteiger partial charge in [-0.25, -0.2) is 0 Å². The van der Waals surface area contributed by atoms with E-state index >= 15 is 0 Å². The van der Waals surface area contributed by atoms with Gasteiger partial charge in [-0.2, -0.15) is 0 Å². The van der Waals surface area contributed by atoms with Gasteiger partial charge in [0.25, 0.3) is 0 Å². The monoisotopic (exact) mass is 355 g/mol. The molecule has 0 spiro atoms. The highest BCUT2D eigenvalue weighted by Gasteiger charge is 1.93. The van der Waals surface area contributed by atoms with E-state index < -0.39 is 0 Å². The smallest absolute Gasteiger partial charge is 0.00474 e. The number of hydrogen-bond acceptors (Lipinski definition) is 1. The molecule has 0 fully saturated rings. The third-order valence-electron chi connectivity index (χ3n) is 5.30. The van der Waals surface area contributed by atoms with Crippen LogP contribution < -0.4 is 0 Å². The van der Waals surface area contributed by atoms with E-state index in [2.05, 4.69) is 39.5 Å². The second-order valence-corrected chi connectivity index (χ2v) is 7.57. The standard InChI is InChI=1S/C18H38.C6H15N/c1-3-5-7-9-11-13-15-17-18-16-14-12-10-8-6-4-2;1-4-7(5-2)6-3/h3-18H2,1-2H3;4-6H2,1-3H3. The zero-order valence-corrected chi connectivity index (χ0v) is 18.9. The molecular formula is C24H53N. The van der Waals surface area contributed by atoms with Gasteiger partial charge in [0.1, 0.15) is 0 Å². The molecule has 0 saturated heterocycles. The van der Waals surface area contributed by atoms with Crippen molar-refractivity contribution in [1.82, 2.24) is 4.90 Å². The fourth-order valence-electron chi connectivity index (χ4n) is 3.29. The maximum absolute atomic E-state index is 2.38. The minimum atomic E-state index is 1.19. The molecule has 154 valence electrons. The molecule has 0 amide bonds. The van der Waals surface area contributed by atoms with Crippen LogP contribution in [0.3, 0.4) is 0 Å². The lowest BCUT2D eigenvalue weighted by atomic mass is 10.0. The van der Waals surface area contributed by atoms with Gasteiger partial charge >= 0.3 is 0 Å². The van der Waals surface area contributed by atoms with E-state index in [1.165, 1.54) is 122 Å². The molecule has 0 atom stereocenters. The zero-order chi connectivity index (χ0) is 19.0. The van der Waals surface area contributed by atoms with Crippen molar-refractivity contribution in [2.75, 3.05) is 19.6 Å². The highest BCUT2D eigenvalue weighted by Crippen LogP contribution is 2.13. The number of hydrogen-bond donors (Lipinski definition) is 0. The van der Waals surface area contributed by atoms with Crippen molar-refractivity contribution in [3.05, 3.63) is 0 Å². The Hall–Kier alpha value is -0.0400. The molecule has 0 N–H and O–H groups in total. The fourth-order valence-corrected chi connectivity index (χ4v) is 3.29. The van der Waals surface area contributed by atoms with Gasteiger partial charge in [0.2, 0.25) is 0 Å². The quantitative estimate of drug-likeness (QED) is 0.222. The van der Waals surface area contributed by atoms with Crippen LogP contribution in [0.15, 0.2) is 0 Å². The molecule has 0 rings (SSSR count). The molecule has 0 unspecified atom stereocenters. The predicted octanol–water partition coefficient (Wildman–Crippen LogP) is 8.62. The Morgan fingerprint density at radius 1 is 0.320 bits per heavy atom. The van der Waals surface area contributed by atoms with Crippen molar-refractivity contribution in [3.8, 4) is 0 Å². The molecule has 25 heavy (non-hydrogen) atoms. The normalized spacial score (nSPS) is 10.8. The van der Waals surface area contributed by atoms with Crippen molar-refractivity contribution in [2.45, 2.75) is 137 Å². The third kappa shape index (κ3) is 26.3. The summed E-state index contributed by atoms with van der Waals surface area (Å²) in [4.78, 5) is 2.38. The Morgan fingerprint density at radius 2 is 0.520 bits per heavy atom. The summed E-state index contributed by atoms with van der Waals surface area (Å²) in [7, 11) is 0. The highest BCUT2D eigenvalue weighted by molar-refractivity contribution is 4.49. The molecule has 0 saturated carbocycles. The molecule has 1 heteroatoms. The van der Waals surface area contributed by atoms with Gasteiger partial charge in [0, 0.05) is 0 Å². The van der Waals surface area contributed by atoms with Crippen LogP contribution in [0.5, 0.6) is 0 Å². The minimum absolute atomic E-state index is 1.19. The Bertz CT molecular complexity index is 177. The second-order valence-electron chi connectivity index (χ2n) is 7.57. The maximum Gasteiger partial charge on any atom is -0.00474 e. The summed E-state index contributed by atoms with van der Waals surface area (Å²) in [5.74, 6) is 0. The molecule has 0 heterocycles. The second kappa shape index (κ2) is 26.2. The van der Waals surface area contributed by atoms with Gasteiger partial charge in [0.15, 0.2) is 0 Å². The van der Waals surface area contributed by atoms with Gasteiger partial charge in [-0.3, -0.25) is 0 Å². The summed E-state index contributed by atoms with van der Waals surface area (Å²) in [6.07, 6.45) is 23.4. The van der Waals surface area contributed by atoms with Crippen LogP contribution >= 0.6 is 0 Å². The average Bonchev–Trinajstić information content (AvgIpc) is 2.64. The van der Waals surface area contributed by atoms with Crippen molar-refractivity contribution < 1.29 is 0 Å². The summed E-state index contributed by atoms with van der Waals surface area (Å²) in [5.41, 5.74) is 0. The minimum Gasteiger partial charge on any atom is -0.304 e. The molecule has 1 nitrogen and oxygen atoms in total. The van der Waals surface area contributed by atoms with Gasteiger partial charge < -0.3 is 4.90 Å². The van der Waals surface area contributed by atoms with E-state index in [0.29, 0.717) is 0 Å². The van der Waals surface area contributed by atoms with Crippen molar-refractivity contribution in [1.29, 1.82) is 0 Å². The summed E-state index contributed by atoms with van der Waals surface area (Å²) >= 11 is 0. The van der Waals surface area contributed by atoms with Gasteiger partial charge in [-0.1, -0.05) is 137 Å². The molecular weight excluding hydrogens is 302 g/mol. The molecule has 0 aliphatic carbocycles. The largest absolute Gasteiger partial charge is 0.304 e. The van der Waals surface area contributed by atoms with Crippen molar-refractivity contribution >= 4 is 0 Å². The van der Waals surface area contributed by atoms with E-state index in [4.69, 9.17) is 0 Å². The van der Waals surface area contributed by atoms with E-state index in [1.54, 1.807) is 0 Å². The van der Waals surface area contributed by atoms with Crippen LogP contribution in [-0.4, -0.2) is 24.5 Å². The van der Waals surface area contributed by atoms with Crippen LogP contribution in [0.4, 0.5) is 0 Å². The molecule has 0 bridgehead atoms. The van der Waals surface area contributed by atoms with Gasteiger partial charge in [-0.15, -0.1) is 0 Å². The Labute approximate surface area is 162 Å². The first-order valence-electron chi connectivity index (χ1n) is 12.0. The summed E-state index contributed by atoms with van der Waals surface area (Å²) in [5, 5.41) is 0. The Kier molecular flexibility index (Phi) is 28.5. The molecule has 0 aliphatic heterocycles. The van der Waals surface area contributed by atoms with Gasteiger partial charge in [0.05, 0.1) is 0 Å². The summed E-state index contributed by atoms with van der Waals surface area (Å²) < 4.78 is 0. The van der Waals surface area contributed by atoms with Crippen molar-refractivity contribution in [2.24, 2.45) is 0 Å². The van der Waals surface area contributed by atoms with Crippen LogP contribution in [-0.2, 0) is 0 Å². The molecule has 0 aromatic carbocycles. The summed E-state index contributed by atoms with van der Waals surface area (Å²) in [6.45, 7) is 14.7. The topological polar surface area (TPSA) is 3.24 Å². The summed E-state index contributed by atoms with van der Waals surface area (Å²) in [6, 6.07) is 0. The SMILES string of the molecule is CCCCCCCCCCCCCCCCCC.CCN(CC)CC. The molecule has 0 radical (unpaired) electrons. The molecule has 0 aromatic heterocycles. The van der Waals surface area contributed by atoms with E-state index in [0.717, 1.165) is 0 Å². The lowest BCUT2D eigenvalue weighted by Crippen LogP contribution is -2.21. The first kappa shape index (κ1) is 27.2. The van der Waals surface area contributed by atoms with Gasteiger partial charge in [-0.05, 0) is 19.6 Å². The fraction of sp³-hybridized carbons (Fsp3) is 1.00. The zero-order valence-electron chi connectivity index (χ0n) is 18.9. The lowest BCUT2D eigenvalue weighted by Gasteiger charge is -2.13. The number of rotatable bonds is 18. The average molecular weight is 356 g/mol. The Balaban J connectivity index is 0. The van der Waals surface area contributed by atoms with E-state index in [-0.39, 0.29) is 0 Å². The van der Waals surface area contributed by atoms with Crippen LogP contribution in [0.2, 0.25) is 0 Å². The predicted molar refractivity (Wildman–Crippen MR) is 119 cm³/mol. The lowest BCUT2D eigenvalue weighted by molar-refractivity contribution is 0.321. The van der Waals surface area contributed by atoms with Crippen LogP contribution in [0.25, 0.3) is 0 Å². The van der Waals surface area contributed by atoms with E-state index in [9.17, 15) is 0 Å². The van der Waals surface area contributed by atoms with E-state index in [1.807, 2.05) is 0 Å². The van der Waals surface area contributed by atoms with Crippen molar-refractivity contribution in [3.63, 3.8) is 0 Å².